The molecule has 1 aliphatic rings. The highest BCUT2D eigenvalue weighted by Crippen LogP contribution is 2.44. The smallest absolute Gasteiger partial charge is 0.434 e. The molecule has 5 nitrogen and oxygen atoms in total. The van der Waals surface area contributed by atoms with Crippen molar-refractivity contribution < 1.29 is 22.6 Å². The Kier molecular flexibility index (Phi) is 4.65. The van der Waals surface area contributed by atoms with E-state index in [9.17, 15) is 13.2 Å². The van der Waals surface area contributed by atoms with E-state index in [0.29, 0.717) is 17.2 Å². The van der Waals surface area contributed by atoms with Crippen molar-refractivity contribution in [1.82, 2.24) is 9.97 Å². The summed E-state index contributed by atoms with van der Waals surface area (Å²) in [6.07, 6.45) is -2.20. The molecule has 0 unspecified atom stereocenters. The van der Waals surface area contributed by atoms with Crippen molar-refractivity contribution in [2.75, 3.05) is 5.32 Å². The van der Waals surface area contributed by atoms with Gasteiger partial charge in [0.15, 0.2) is 22.3 Å². The Morgan fingerprint density at radius 2 is 2.00 bits per heavy atom. The number of benzene rings is 1. The Morgan fingerprint density at radius 3 is 2.72 bits per heavy atom. The number of hydrogen-bond acceptors (Lipinski definition) is 6. The highest BCUT2D eigenvalue weighted by atomic mass is 32.1. The van der Waals surface area contributed by atoms with Gasteiger partial charge in [-0.3, -0.25) is 0 Å². The van der Waals surface area contributed by atoms with Gasteiger partial charge in [-0.15, -0.1) is 11.3 Å². The third-order valence-corrected chi connectivity index (χ3v) is 5.23. The molecule has 0 aliphatic carbocycles. The number of nitrogens with zero attached hydrogens (tertiary/aromatic N) is 2. The van der Waals surface area contributed by atoms with Crippen molar-refractivity contribution in [3.05, 3.63) is 52.7 Å². The molecule has 3 heterocycles. The first kappa shape index (κ1) is 19.5. The minimum absolute atomic E-state index is 0.0860. The van der Waals surface area contributed by atoms with E-state index in [1.54, 1.807) is 24.4 Å². The fourth-order valence-corrected chi connectivity index (χ4v) is 4.01. The Balaban J connectivity index is 1.62. The van der Waals surface area contributed by atoms with Crippen LogP contribution in [-0.2, 0) is 12.6 Å². The zero-order chi connectivity index (χ0) is 20.8. The summed E-state index contributed by atoms with van der Waals surface area (Å²) < 4.78 is 51.1. The lowest BCUT2D eigenvalue weighted by Crippen LogP contribution is -2.24. The van der Waals surface area contributed by atoms with E-state index < -0.39 is 11.9 Å². The molecule has 9 heteroatoms. The Bertz CT molecular complexity index is 1060. The fraction of sp³-hybridized carbons (Fsp3) is 0.300. The predicted molar refractivity (Wildman–Crippen MR) is 104 cm³/mol. The lowest BCUT2D eigenvalue weighted by molar-refractivity contribution is -0.141. The molecule has 1 aliphatic heterocycles. The highest BCUT2D eigenvalue weighted by Gasteiger charge is 2.36. The molecule has 29 heavy (non-hydrogen) atoms. The van der Waals surface area contributed by atoms with Gasteiger partial charge in [-0.05, 0) is 39.0 Å². The van der Waals surface area contributed by atoms with Crippen LogP contribution in [0.3, 0.4) is 0 Å². The first-order valence-corrected chi connectivity index (χ1v) is 9.69. The van der Waals surface area contributed by atoms with E-state index >= 15 is 0 Å². The molecule has 0 amide bonds. The van der Waals surface area contributed by atoms with Crippen molar-refractivity contribution in [3.8, 4) is 17.4 Å². The second kappa shape index (κ2) is 6.91. The molecule has 2 aromatic heterocycles. The number of nitrogens with one attached hydrogen (secondary N) is 1. The zero-order valence-corrected chi connectivity index (χ0v) is 16.7. The second-order valence-corrected chi connectivity index (χ2v) is 8.49. The number of alkyl halides is 3. The third kappa shape index (κ3) is 4.00. The van der Waals surface area contributed by atoms with E-state index in [2.05, 4.69) is 15.3 Å². The van der Waals surface area contributed by atoms with E-state index in [1.807, 2.05) is 26.0 Å². The average molecular weight is 421 g/mol. The molecule has 0 fully saturated rings. The number of anilines is 2. The van der Waals surface area contributed by atoms with Crippen LogP contribution in [0.5, 0.6) is 17.4 Å². The van der Waals surface area contributed by atoms with Gasteiger partial charge in [0.25, 0.3) is 0 Å². The summed E-state index contributed by atoms with van der Waals surface area (Å²) in [6, 6.07) is 8.95. The number of para-hydroxylation sites is 1. The van der Waals surface area contributed by atoms with Crippen LogP contribution in [-0.4, -0.2) is 15.6 Å². The number of ether oxygens (including phenoxy) is 2. The minimum atomic E-state index is -4.50. The van der Waals surface area contributed by atoms with Gasteiger partial charge in [-0.25, -0.2) is 9.97 Å². The van der Waals surface area contributed by atoms with Crippen LogP contribution < -0.4 is 14.8 Å². The summed E-state index contributed by atoms with van der Waals surface area (Å²) in [5, 5.41) is 3.00. The molecule has 0 radical (unpaired) electrons. The maximum Gasteiger partial charge on any atom is 0.434 e. The Hall–Kier alpha value is -2.81. The van der Waals surface area contributed by atoms with Gasteiger partial charge in [0.05, 0.1) is 0 Å². The summed E-state index contributed by atoms with van der Waals surface area (Å²) in [7, 11) is 0. The van der Waals surface area contributed by atoms with Crippen LogP contribution in [0.4, 0.5) is 24.0 Å². The van der Waals surface area contributed by atoms with Crippen molar-refractivity contribution >= 4 is 22.2 Å². The summed E-state index contributed by atoms with van der Waals surface area (Å²) in [5.41, 5.74) is 0.209. The zero-order valence-electron chi connectivity index (χ0n) is 15.9. The summed E-state index contributed by atoms with van der Waals surface area (Å²) >= 11 is 0.921. The van der Waals surface area contributed by atoms with Crippen LogP contribution in [0.2, 0.25) is 0 Å². The van der Waals surface area contributed by atoms with Gasteiger partial charge < -0.3 is 14.8 Å². The normalized spacial score (nSPS) is 15.0. The fourth-order valence-electron chi connectivity index (χ4n) is 3.17. The summed E-state index contributed by atoms with van der Waals surface area (Å²) in [6.45, 7) is 5.37. The molecule has 0 bridgehead atoms. The largest absolute Gasteiger partial charge is 0.483 e. The molecule has 0 atom stereocenters. The van der Waals surface area contributed by atoms with Crippen molar-refractivity contribution in [1.29, 1.82) is 0 Å². The molecule has 3 aromatic rings. The second-order valence-electron chi connectivity index (χ2n) is 7.29. The lowest BCUT2D eigenvalue weighted by atomic mass is 10.0. The molecular weight excluding hydrogens is 403 g/mol. The molecule has 0 saturated heterocycles. The number of thiazole rings is 1. The molecule has 1 aromatic carbocycles. The highest BCUT2D eigenvalue weighted by molar-refractivity contribution is 7.15. The Morgan fingerprint density at radius 1 is 1.21 bits per heavy atom. The minimum Gasteiger partial charge on any atom is -0.483 e. The number of halogens is 3. The van der Waals surface area contributed by atoms with E-state index in [1.165, 1.54) is 6.92 Å². The van der Waals surface area contributed by atoms with E-state index in [0.717, 1.165) is 23.3 Å². The number of aromatic nitrogens is 2. The van der Waals surface area contributed by atoms with Gasteiger partial charge in [0.1, 0.15) is 11.3 Å². The van der Waals surface area contributed by atoms with Gasteiger partial charge >= 0.3 is 6.18 Å². The Labute approximate surface area is 169 Å². The van der Waals surface area contributed by atoms with Gasteiger partial charge in [0.2, 0.25) is 5.88 Å². The average Bonchev–Trinajstić information content (AvgIpc) is 3.15. The van der Waals surface area contributed by atoms with Gasteiger partial charge in [-0.2, -0.15) is 13.2 Å². The van der Waals surface area contributed by atoms with E-state index in [-0.39, 0.29) is 21.5 Å². The molecule has 0 spiro atoms. The van der Waals surface area contributed by atoms with E-state index in [4.69, 9.17) is 9.47 Å². The van der Waals surface area contributed by atoms with Gasteiger partial charge in [0, 0.05) is 23.1 Å². The van der Waals surface area contributed by atoms with Crippen LogP contribution >= 0.6 is 11.3 Å². The molecule has 1 N–H and O–H groups in total. The number of hydrogen-bond donors (Lipinski definition) is 1. The van der Waals surface area contributed by atoms with Crippen LogP contribution in [0.1, 0.15) is 30.0 Å². The molecular formula is C20H18F3N3O2S. The number of fused-ring (bicyclic) bond motifs is 1. The SMILES string of the molecule is Cc1sc(Nc2cccnc2Oc2cccc3c2OC(C)(C)C3)nc1C(F)(F)F. The maximum absolute atomic E-state index is 13.0. The molecule has 152 valence electrons. The number of pyridine rings is 1. The number of rotatable bonds is 4. The topological polar surface area (TPSA) is 56.3 Å². The number of aryl methyl sites for hydroxylation is 1. The van der Waals surface area contributed by atoms with Crippen molar-refractivity contribution in [3.63, 3.8) is 0 Å². The quantitative estimate of drug-likeness (QED) is 0.550. The van der Waals surface area contributed by atoms with Crippen molar-refractivity contribution in [2.24, 2.45) is 0 Å². The predicted octanol–water partition coefficient (Wildman–Crippen LogP) is 6.11. The van der Waals surface area contributed by atoms with Crippen LogP contribution in [0.15, 0.2) is 36.5 Å². The first-order valence-electron chi connectivity index (χ1n) is 8.88. The molecule has 4 rings (SSSR count). The molecule has 0 saturated carbocycles. The summed E-state index contributed by atoms with van der Waals surface area (Å²) in [4.78, 5) is 7.99. The van der Waals surface area contributed by atoms with Crippen LogP contribution in [0.25, 0.3) is 0 Å². The monoisotopic (exact) mass is 421 g/mol. The maximum atomic E-state index is 13.0. The standard InChI is InChI=1S/C20H18F3N3O2S/c1-11-16(20(21,22)23)26-18(29-11)25-13-7-5-9-24-17(13)27-14-8-4-6-12-10-19(2,3)28-15(12)14/h4-9H,10H2,1-3H3,(H,25,26). The van der Waals surface area contributed by atoms with Crippen molar-refractivity contribution in [2.45, 2.75) is 39.0 Å². The van der Waals surface area contributed by atoms with Gasteiger partial charge in [-0.1, -0.05) is 12.1 Å². The summed E-state index contributed by atoms with van der Waals surface area (Å²) in [5.74, 6) is 1.37. The van der Waals surface area contributed by atoms with Crippen LogP contribution in [0, 0.1) is 6.92 Å². The first-order chi connectivity index (χ1) is 13.6. The lowest BCUT2D eigenvalue weighted by Gasteiger charge is -2.18. The third-order valence-electron chi connectivity index (χ3n) is 4.34.